The highest BCUT2D eigenvalue weighted by Gasteiger charge is 2.38. The van der Waals surface area contributed by atoms with Crippen LogP contribution in [0.2, 0.25) is 0 Å². The van der Waals surface area contributed by atoms with E-state index in [0.29, 0.717) is 0 Å². The average molecular weight is 288 g/mol. The monoisotopic (exact) mass is 288 g/mol. The summed E-state index contributed by atoms with van der Waals surface area (Å²) in [5.41, 5.74) is 4.50. The zero-order valence-corrected chi connectivity index (χ0v) is 12.0. The number of benzene rings is 2. The van der Waals surface area contributed by atoms with Gasteiger partial charge in [-0.2, -0.15) is 0 Å². The zero-order valence-electron chi connectivity index (χ0n) is 12.0. The molecule has 0 aliphatic heterocycles. The fraction of sp³-hybridized carbons (Fsp3) is 0.150. The van der Waals surface area contributed by atoms with Crippen molar-refractivity contribution in [1.29, 1.82) is 0 Å². The van der Waals surface area contributed by atoms with E-state index in [0.717, 1.165) is 22.3 Å². The summed E-state index contributed by atoms with van der Waals surface area (Å²) in [4.78, 5) is 12.0. The molecule has 2 aliphatic rings. The molecule has 0 saturated carbocycles. The highest BCUT2D eigenvalue weighted by atomic mass is 16.4. The molecule has 0 amide bonds. The largest absolute Gasteiger partial charge is 0.481 e. The van der Waals surface area contributed by atoms with Crippen LogP contribution >= 0.6 is 0 Å². The molecule has 22 heavy (non-hydrogen) atoms. The van der Waals surface area contributed by atoms with Crippen LogP contribution in [0.4, 0.5) is 0 Å². The van der Waals surface area contributed by atoms with Gasteiger partial charge in [0.05, 0.1) is 5.92 Å². The van der Waals surface area contributed by atoms with Crippen molar-refractivity contribution in [2.45, 2.75) is 11.8 Å². The molecule has 2 aliphatic carbocycles. The Kier molecular flexibility index (Phi) is 2.97. The fourth-order valence-electron chi connectivity index (χ4n) is 3.71. The van der Waals surface area contributed by atoms with Gasteiger partial charge in [0.1, 0.15) is 0 Å². The number of aliphatic carboxylic acids is 1. The predicted molar refractivity (Wildman–Crippen MR) is 87.6 cm³/mol. The minimum Gasteiger partial charge on any atom is -0.481 e. The Morgan fingerprint density at radius 2 is 1.27 bits per heavy atom. The number of fused-ring (bicyclic) bond motifs is 2. The van der Waals surface area contributed by atoms with Crippen LogP contribution in [0.3, 0.4) is 0 Å². The van der Waals surface area contributed by atoms with E-state index >= 15 is 0 Å². The van der Waals surface area contributed by atoms with E-state index in [1.807, 2.05) is 72.8 Å². The predicted octanol–water partition coefficient (Wildman–Crippen LogP) is 4.31. The molecule has 2 aromatic rings. The van der Waals surface area contributed by atoms with Crippen molar-refractivity contribution in [2.75, 3.05) is 0 Å². The minimum atomic E-state index is -0.738. The molecule has 0 bridgehead atoms. The Bertz CT molecular complexity index is 739. The van der Waals surface area contributed by atoms with Gasteiger partial charge in [0.2, 0.25) is 0 Å². The summed E-state index contributed by atoms with van der Waals surface area (Å²) in [6.07, 6.45) is 8.16. The van der Waals surface area contributed by atoms with Crippen LogP contribution in [0.1, 0.15) is 34.1 Å². The van der Waals surface area contributed by atoms with Crippen molar-refractivity contribution in [3.63, 3.8) is 0 Å². The summed E-state index contributed by atoms with van der Waals surface area (Å²) < 4.78 is 0. The van der Waals surface area contributed by atoms with Crippen LogP contribution in [-0.4, -0.2) is 11.1 Å². The lowest BCUT2D eigenvalue weighted by molar-refractivity contribution is -0.142. The summed E-state index contributed by atoms with van der Waals surface area (Å²) in [5.74, 6) is -1.36. The molecule has 1 N–H and O–H groups in total. The Hall–Kier alpha value is -2.61. The maximum Gasteiger partial charge on any atom is 0.308 e. The molecular weight excluding hydrogens is 272 g/mol. The van der Waals surface area contributed by atoms with Crippen molar-refractivity contribution in [2.24, 2.45) is 5.92 Å². The molecule has 2 aromatic carbocycles. The van der Waals surface area contributed by atoms with Gasteiger partial charge in [-0.3, -0.25) is 4.79 Å². The fourth-order valence-corrected chi connectivity index (χ4v) is 3.71. The molecule has 0 aromatic heterocycles. The molecule has 108 valence electrons. The van der Waals surface area contributed by atoms with Crippen molar-refractivity contribution >= 4 is 18.1 Å². The van der Waals surface area contributed by atoms with E-state index in [1.165, 1.54) is 0 Å². The van der Waals surface area contributed by atoms with Crippen LogP contribution in [-0.2, 0) is 4.79 Å². The van der Waals surface area contributed by atoms with Gasteiger partial charge >= 0.3 is 5.97 Å². The second kappa shape index (κ2) is 4.99. The molecule has 2 heteroatoms. The smallest absolute Gasteiger partial charge is 0.308 e. The molecule has 0 fully saturated rings. The van der Waals surface area contributed by atoms with E-state index in [2.05, 4.69) is 0 Å². The van der Waals surface area contributed by atoms with Crippen LogP contribution in [0.25, 0.3) is 12.2 Å². The lowest BCUT2D eigenvalue weighted by Crippen LogP contribution is -2.26. The molecule has 2 atom stereocenters. The summed E-state index contributed by atoms with van der Waals surface area (Å²) in [6, 6.07) is 16.1. The first-order chi connectivity index (χ1) is 10.8. The highest BCUT2D eigenvalue weighted by molar-refractivity contribution is 5.79. The normalized spacial score (nSPS) is 22.4. The number of allylic oxidation sites excluding steroid dienone is 2. The second-order valence-corrected chi connectivity index (χ2v) is 5.89. The van der Waals surface area contributed by atoms with Crippen molar-refractivity contribution in [3.8, 4) is 0 Å². The number of hydrogen-bond acceptors (Lipinski definition) is 1. The number of hydrogen-bond donors (Lipinski definition) is 1. The molecule has 0 saturated heterocycles. The molecule has 4 rings (SSSR count). The number of rotatable bonds is 3. The third kappa shape index (κ3) is 1.92. The molecule has 0 spiro atoms. The number of carboxylic acids is 1. The zero-order chi connectivity index (χ0) is 15.1. The van der Waals surface area contributed by atoms with Gasteiger partial charge in [0.25, 0.3) is 0 Å². The molecular formula is C20H16O2. The maximum atomic E-state index is 12.0. The first kappa shape index (κ1) is 13.1. The van der Waals surface area contributed by atoms with E-state index in [1.54, 1.807) is 0 Å². The van der Waals surface area contributed by atoms with Crippen LogP contribution in [0, 0.1) is 5.92 Å². The first-order valence-corrected chi connectivity index (χ1v) is 7.53. The Labute approximate surface area is 129 Å². The lowest BCUT2D eigenvalue weighted by atomic mass is 9.77. The quantitative estimate of drug-likeness (QED) is 0.913. The van der Waals surface area contributed by atoms with Crippen molar-refractivity contribution in [1.82, 2.24) is 0 Å². The van der Waals surface area contributed by atoms with Crippen molar-refractivity contribution < 1.29 is 9.90 Å². The van der Waals surface area contributed by atoms with Gasteiger partial charge in [-0.25, -0.2) is 0 Å². The summed E-state index contributed by atoms with van der Waals surface area (Å²) >= 11 is 0. The van der Waals surface area contributed by atoms with Gasteiger partial charge in [0.15, 0.2) is 0 Å². The summed E-state index contributed by atoms with van der Waals surface area (Å²) in [7, 11) is 0. The van der Waals surface area contributed by atoms with Crippen LogP contribution in [0.5, 0.6) is 0 Å². The second-order valence-electron chi connectivity index (χ2n) is 5.89. The number of carbonyl (C=O) groups is 1. The maximum absolute atomic E-state index is 12.0. The third-order valence-corrected chi connectivity index (χ3v) is 4.74. The van der Waals surface area contributed by atoms with E-state index in [9.17, 15) is 9.90 Å². The standard InChI is InChI=1S/C20H16O2/c21-20(22)19(17-11-9-13-5-1-3-7-15(13)17)18-12-10-14-6-2-4-8-16(14)18/h1-12,17-19H,(H,21,22). The van der Waals surface area contributed by atoms with Gasteiger partial charge < -0.3 is 5.11 Å². The Morgan fingerprint density at radius 3 is 1.73 bits per heavy atom. The Morgan fingerprint density at radius 1 is 0.818 bits per heavy atom. The average Bonchev–Trinajstić information content (AvgIpc) is 3.13. The molecule has 2 unspecified atom stereocenters. The molecule has 2 nitrogen and oxygen atoms in total. The number of carboxylic acid groups (broad SMARTS) is 1. The summed E-state index contributed by atoms with van der Waals surface area (Å²) in [6.45, 7) is 0. The highest BCUT2D eigenvalue weighted by Crippen LogP contribution is 2.45. The van der Waals surface area contributed by atoms with E-state index in [4.69, 9.17) is 0 Å². The lowest BCUT2D eigenvalue weighted by Gasteiger charge is -2.25. The Balaban J connectivity index is 1.77. The van der Waals surface area contributed by atoms with Crippen LogP contribution in [0.15, 0.2) is 60.7 Å². The first-order valence-electron chi connectivity index (χ1n) is 7.53. The van der Waals surface area contributed by atoms with Gasteiger partial charge in [-0.1, -0.05) is 72.8 Å². The SMILES string of the molecule is O=C(O)C(C1C=Cc2ccccc21)C1C=Cc2ccccc21. The van der Waals surface area contributed by atoms with E-state index in [-0.39, 0.29) is 11.8 Å². The van der Waals surface area contributed by atoms with Gasteiger partial charge in [-0.05, 0) is 22.3 Å². The molecule has 0 radical (unpaired) electrons. The summed E-state index contributed by atoms with van der Waals surface area (Å²) in [5, 5.41) is 9.88. The minimum absolute atomic E-state index is 0.0745. The topological polar surface area (TPSA) is 37.3 Å². The van der Waals surface area contributed by atoms with Gasteiger partial charge in [0, 0.05) is 11.8 Å². The molecule has 0 heterocycles. The van der Waals surface area contributed by atoms with E-state index < -0.39 is 11.9 Å². The van der Waals surface area contributed by atoms with Gasteiger partial charge in [-0.15, -0.1) is 0 Å². The third-order valence-electron chi connectivity index (χ3n) is 4.74. The van der Waals surface area contributed by atoms with Crippen molar-refractivity contribution in [3.05, 3.63) is 82.9 Å². The van der Waals surface area contributed by atoms with Crippen LogP contribution < -0.4 is 0 Å².